The molecule has 0 fully saturated rings. The number of aromatic nitrogens is 1. The van der Waals surface area contributed by atoms with Crippen LogP contribution in [-0.4, -0.2) is 47.7 Å². The Morgan fingerprint density at radius 1 is 1.50 bits per heavy atom. The standard InChI is InChI=1S/C15H20N2O3/c1-10(18)9-17(2)14(19)7-11-8-16-12-5-4-6-13(20-3)15(11)12/h4-6,8,10,16,18H,7,9H2,1-3H3. The Bertz CT molecular complexity index is 604. The largest absolute Gasteiger partial charge is 0.496 e. The number of rotatable bonds is 5. The number of fused-ring (bicyclic) bond motifs is 1. The minimum Gasteiger partial charge on any atom is -0.496 e. The van der Waals surface area contributed by atoms with Gasteiger partial charge in [-0.15, -0.1) is 0 Å². The van der Waals surface area contributed by atoms with Gasteiger partial charge in [0.15, 0.2) is 0 Å². The van der Waals surface area contributed by atoms with Crippen LogP contribution in [0.5, 0.6) is 5.75 Å². The normalized spacial score (nSPS) is 12.4. The molecule has 2 N–H and O–H groups in total. The number of amides is 1. The van der Waals surface area contributed by atoms with E-state index in [0.717, 1.165) is 22.2 Å². The number of carbonyl (C=O) groups excluding carboxylic acids is 1. The molecule has 1 unspecified atom stereocenters. The summed E-state index contributed by atoms with van der Waals surface area (Å²) in [7, 11) is 3.31. The molecule has 1 heterocycles. The Balaban J connectivity index is 2.24. The molecule has 2 rings (SSSR count). The summed E-state index contributed by atoms with van der Waals surface area (Å²) < 4.78 is 5.35. The third-order valence-electron chi connectivity index (χ3n) is 3.27. The van der Waals surface area contributed by atoms with Crippen molar-refractivity contribution in [1.82, 2.24) is 9.88 Å². The lowest BCUT2D eigenvalue weighted by Gasteiger charge is -2.18. The van der Waals surface area contributed by atoms with Gasteiger partial charge in [0.25, 0.3) is 0 Å². The zero-order chi connectivity index (χ0) is 14.7. The molecule has 5 nitrogen and oxygen atoms in total. The van der Waals surface area contributed by atoms with Crippen molar-refractivity contribution in [2.75, 3.05) is 20.7 Å². The third-order valence-corrected chi connectivity index (χ3v) is 3.27. The minimum absolute atomic E-state index is 0.0299. The molecule has 0 aliphatic rings. The topological polar surface area (TPSA) is 65.6 Å². The number of nitrogens with one attached hydrogen (secondary N) is 1. The second kappa shape index (κ2) is 5.96. The molecule has 1 aromatic heterocycles. The molecule has 0 radical (unpaired) electrons. The Kier molecular flexibility index (Phi) is 4.29. The first-order chi connectivity index (χ1) is 9.52. The summed E-state index contributed by atoms with van der Waals surface area (Å²) in [5.74, 6) is 0.724. The van der Waals surface area contributed by atoms with E-state index in [2.05, 4.69) is 4.98 Å². The van der Waals surface area contributed by atoms with Crippen LogP contribution in [0.3, 0.4) is 0 Å². The minimum atomic E-state index is -0.526. The summed E-state index contributed by atoms with van der Waals surface area (Å²) in [6.07, 6.45) is 1.59. The van der Waals surface area contributed by atoms with Crippen molar-refractivity contribution in [1.29, 1.82) is 0 Å². The lowest BCUT2D eigenvalue weighted by molar-refractivity contribution is -0.130. The molecule has 5 heteroatoms. The molecule has 1 atom stereocenters. The molecular formula is C15H20N2O3. The monoisotopic (exact) mass is 276 g/mol. The summed E-state index contributed by atoms with van der Waals surface area (Å²) in [4.78, 5) is 16.8. The van der Waals surface area contributed by atoms with Crippen molar-refractivity contribution in [2.24, 2.45) is 0 Å². The fourth-order valence-corrected chi connectivity index (χ4v) is 2.33. The van der Waals surface area contributed by atoms with E-state index >= 15 is 0 Å². The van der Waals surface area contributed by atoms with Crippen LogP contribution < -0.4 is 4.74 Å². The zero-order valence-corrected chi connectivity index (χ0v) is 12.0. The lowest BCUT2D eigenvalue weighted by Crippen LogP contribution is -2.34. The van der Waals surface area contributed by atoms with E-state index < -0.39 is 6.10 Å². The predicted octanol–water partition coefficient (Wildman–Crippen LogP) is 1.56. The molecule has 0 bridgehead atoms. The van der Waals surface area contributed by atoms with Crippen molar-refractivity contribution in [2.45, 2.75) is 19.4 Å². The molecule has 1 amide bonds. The van der Waals surface area contributed by atoms with Crippen molar-refractivity contribution < 1.29 is 14.6 Å². The average Bonchev–Trinajstić information content (AvgIpc) is 2.81. The third kappa shape index (κ3) is 2.93. The highest BCUT2D eigenvalue weighted by atomic mass is 16.5. The molecule has 0 spiro atoms. The van der Waals surface area contributed by atoms with Crippen LogP contribution >= 0.6 is 0 Å². The van der Waals surface area contributed by atoms with Crippen LogP contribution in [0.25, 0.3) is 10.9 Å². The van der Waals surface area contributed by atoms with Crippen LogP contribution in [0.15, 0.2) is 24.4 Å². The van der Waals surface area contributed by atoms with E-state index in [4.69, 9.17) is 4.74 Å². The number of ether oxygens (including phenoxy) is 1. The maximum atomic E-state index is 12.1. The molecule has 0 aliphatic carbocycles. The number of H-pyrrole nitrogens is 1. The molecular weight excluding hydrogens is 256 g/mol. The molecule has 0 saturated heterocycles. The van der Waals surface area contributed by atoms with E-state index in [1.165, 1.54) is 0 Å². The Morgan fingerprint density at radius 3 is 2.90 bits per heavy atom. The van der Waals surface area contributed by atoms with Crippen LogP contribution in [0.1, 0.15) is 12.5 Å². The van der Waals surface area contributed by atoms with E-state index in [1.54, 1.807) is 26.0 Å². The van der Waals surface area contributed by atoms with Crippen molar-refractivity contribution >= 4 is 16.8 Å². The van der Waals surface area contributed by atoms with Gasteiger partial charge in [0.1, 0.15) is 5.75 Å². The first-order valence-electron chi connectivity index (χ1n) is 6.58. The van der Waals surface area contributed by atoms with Gasteiger partial charge in [-0.25, -0.2) is 0 Å². The number of hydrogen-bond donors (Lipinski definition) is 2. The molecule has 1 aromatic carbocycles. The number of carbonyl (C=O) groups is 1. The van der Waals surface area contributed by atoms with Gasteiger partial charge in [-0.1, -0.05) is 6.07 Å². The van der Waals surface area contributed by atoms with Gasteiger partial charge >= 0.3 is 0 Å². The summed E-state index contributed by atoms with van der Waals surface area (Å²) in [6, 6.07) is 5.73. The van der Waals surface area contributed by atoms with E-state index in [-0.39, 0.29) is 12.3 Å². The molecule has 0 saturated carbocycles. The number of hydrogen-bond acceptors (Lipinski definition) is 3. The van der Waals surface area contributed by atoms with E-state index in [0.29, 0.717) is 6.54 Å². The van der Waals surface area contributed by atoms with E-state index in [1.807, 2.05) is 24.4 Å². The van der Waals surface area contributed by atoms with Crippen molar-refractivity contribution in [3.63, 3.8) is 0 Å². The quantitative estimate of drug-likeness (QED) is 0.871. The lowest BCUT2D eigenvalue weighted by atomic mass is 10.1. The number of aromatic amines is 1. The highest BCUT2D eigenvalue weighted by Gasteiger charge is 2.16. The van der Waals surface area contributed by atoms with E-state index in [9.17, 15) is 9.90 Å². The number of aliphatic hydroxyl groups is 1. The van der Waals surface area contributed by atoms with Gasteiger partial charge in [-0.05, 0) is 24.6 Å². The molecule has 2 aromatic rings. The first-order valence-corrected chi connectivity index (χ1v) is 6.58. The van der Waals surface area contributed by atoms with Crippen molar-refractivity contribution in [3.05, 3.63) is 30.0 Å². The van der Waals surface area contributed by atoms with Gasteiger partial charge in [0.05, 0.1) is 19.6 Å². The van der Waals surface area contributed by atoms with Gasteiger partial charge in [-0.2, -0.15) is 0 Å². The molecule has 0 aliphatic heterocycles. The van der Waals surface area contributed by atoms with Crippen LogP contribution in [-0.2, 0) is 11.2 Å². The molecule has 20 heavy (non-hydrogen) atoms. The van der Waals surface area contributed by atoms with Gasteiger partial charge < -0.3 is 19.7 Å². The summed E-state index contributed by atoms with van der Waals surface area (Å²) in [6.45, 7) is 2.00. The Labute approximate surface area is 118 Å². The highest BCUT2D eigenvalue weighted by molar-refractivity contribution is 5.93. The van der Waals surface area contributed by atoms with Gasteiger partial charge in [0.2, 0.25) is 5.91 Å². The second-order valence-electron chi connectivity index (χ2n) is 5.00. The van der Waals surface area contributed by atoms with Gasteiger partial charge in [0, 0.05) is 30.7 Å². The number of likely N-dealkylation sites (N-methyl/N-ethyl adjacent to an activating group) is 1. The number of aliphatic hydroxyl groups excluding tert-OH is 1. The molecule has 108 valence electrons. The fraction of sp³-hybridized carbons (Fsp3) is 0.400. The predicted molar refractivity (Wildman–Crippen MR) is 77.9 cm³/mol. The smallest absolute Gasteiger partial charge is 0.226 e. The fourth-order valence-electron chi connectivity index (χ4n) is 2.33. The van der Waals surface area contributed by atoms with Crippen LogP contribution in [0.2, 0.25) is 0 Å². The summed E-state index contributed by atoms with van der Waals surface area (Å²) in [5, 5.41) is 10.3. The summed E-state index contributed by atoms with van der Waals surface area (Å²) >= 11 is 0. The first kappa shape index (κ1) is 14.4. The number of methoxy groups -OCH3 is 1. The summed E-state index contributed by atoms with van der Waals surface area (Å²) in [5.41, 5.74) is 1.85. The zero-order valence-electron chi connectivity index (χ0n) is 12.0. The van der Waals surface area contributed by atoms with Crippen molar-refractivity contribution in [3.8, 4) is 5.75 Å². The number of benzene rings is 1. The maximum Gasteiger partial charge on any atom is 0.226 e. The Hall–Kier alpha value is -2.01. The second-order valence-corrected chi connectivity index (χ2v) is 5.00. The average molecular weight is 276 g/mol. The SMILES string of the molecule is COc1cccc2[nH]cc(CC(=O)N(C)CC(C)O)c12. The van der Waals surface area contributed by atoms with Crippen LogP contribution in [0.4, 0.5) is 0 Å². The van der Waals surface area contributed by atoms with Gasteiger partial charge in [-0.3, -0.25) is 4.79 Å². The Morgan fingerprint density at radius 2 is 2.25 bits per heavy atom. The maximum absolute atomic E-state index is 12.1. The van der Waals surface area contributed by atoms with Crippen LogP contribution in [0, 0.1) is 0 Å². The number of nitrogens with zero attached hydrogens (tertiary/aromatic N) is 1. The highest BCUT2D eigenvalue weighted by Crippen LogP contribution is 2.28.